The van der Waals surface area contributed by atoms with E-state index >= 15 is 0 Å². The zero-order valence-corrected chi connectivity index (χ0v) is 27.5. The van der Waals surface area contributed by atoms with Gasteiger partial charge in [-0.3, -0.25) is 14.4 Å². The minimum atomic E-state index is -0.922. The Hall–Kier alpha value is -4.57. The van der Waals surface area contributed by atoms with Crippen LogP contribution in [-0.2, 0) is 21.4 Å². The molecule has 0 aliphatic carbocycles. The molecule has 1 aliphatic rings. The molecule has 2 aromatic heterocycles. The van der Waals surface area contributed by atoms with Gasteiger partial charge < -0.3 is 20.1 Å². The molecule has 240 valence electrons. The van der Waals surface area contributed by atoms with Crippen LogP contribution in [0.1, 0.15) is 60.6 Å². The van der Waals surface area contributed by atoms with Crippen molar-refractivity contribution < 1.29 is 24.2 Å². The molecule has 3 heterocycles. The smallest absolute Gasteiger partial charge is 0.310 e. The van der Waals surface area contributed by atoms with Gasteiger partial charge in [0, 0.05) is 47.9 Å². The highest BCUT2D eigenvalue weighted by Crippen LogP contribution is 2.30. The molecule has 1 aliphatic heterocycles. The Morgan fingerprint density at radius 3 is 2.20 bits per heavy atom. The van der Waals surface area contributed by atoms with Crippen molar-refractivity contribution in [3.05, 3.63) is 88.4 Å². The van der Waals surface area contributed by atoms with E-state index in [0.29, 0.717) is 17.3 Å². The second-order valence-electron chi connectivity index (χ2n) is 12.6. The number of aliphatic carboxylic acids is 1. The molecule has 9 nitrogen and oxygen atoms in total. The standard InChI is InChI=1S/C36H40N4O5S/c1-5-6-17-45-28-13-11-24(12-14-28)26-19-37-32(38-20-26)25-9-7-23(8-10-25)18-29(34(42)40-21-27(22-40)35(43)44)39-33(41)30-15-16-31(46-30)36(2,3)4/h7-16,19-20,27,29H,5-6,17-18,21-22H2,1-4H3,(H,39,41)(H,43,44)/t29-/m0/s1. The molecule has 1 fully saturated rings. The Morgan fingerprint density at radius 2 is 1.61 bits per heavy atom. The van der Waals surface area contributed by atoms with Crippen LogP contribution in [0.25, 0.3) is 22.5 Å². The molecular formula is C36H40N4O5S. The monoisotopic (exact) mass is 640 g/mol. The molecule has 0 radical (unpaired) electrons. The van der Waals surface area contributed by atoms with Gasteiger partial charge in [0.25, 0.3) is 5.91 Å². The molecule has 0 bridgehead atoms. The fourth-order valence-corrected chi connectivity index (χ4v) is 6.02. The number of hydrogen-bond donors (Lipinski definition) is 2. The quantitative estimate of drug-likeness (QED) is 0.176. The van der Waals surface area contributed by atoms with Crippen LogP contribution in [-0.4, -0.2) is 63.5 Å². The predicted octanol–water partition coefficient (Wildman–Crippen LogP) is 6.23. The van der Waals surface area contributed by atoms with Crippen LogP contribution in [0.5, 0.6) is 5.75 Å². The zero-order valence-electron chi connectivity index (χ0n) is 26.7. The van der Waals surface area contributed by atoms with Crippen molar-refractivity contribution in [2.24, 2.45) is 5.92 Å². The Balaban J connectivity index is 1.26. The van der Waals surface area contributed by atoms with E-state index < -0.39 is 17.9 Å². The lowest BCUT2D eigenvalue weighted by atomic mass is 9.95. The maximum atomic E-state index is 13.4. The number of carboxylic acid groups (broad SMARTS) is 1. The number of hydrogen-bond acceptors (Lipinski definition) is 7. The van der Waals surface area contributed by atoms with Crippen LogP contribution in [0.4, 0.5) is 0 Å². The van der Waals surface area contributed by atoms with E-state index in [1.54, 1.807) is 18.5 Å². The average molecular weight is 641 g/mol. The number of likely N-dealkylation sites (tertiary alicyclic amines) is 1. The van der Waals surface area contributed by atoms with E-state index in [1.165, 1.54) is 16.2 Å². The first kappa shape index (κ1) is 32.8. The third-order valence-corrected chi connectivity index (χ3v) is 9.48. The highest BCUT2D eigenvalue weighted by Gasteiger charge is 2.39. The maximum Gasteiger partial charge on any atom is 0.310 e. The minimum absolute atomic E-state index is 0.0950. The van der Waals surface area contributed by atoms with Gasteiger partial charge in [-0.25, -0.2) is 9.97 Å². The first-order chi connectivity index (χ1) is 22.0. The lowest BCUT2D eigenvalue weighted by molar-refractivity contribution is -0.153. The summed E-state index contributed by atoms with van der Waals surface area (Å²) in [4.78, 5) is 50.3. The van der Waals surface area contributed by atoms with Crippen molar-refractivity contribution in [2.75, 3.05) is 19.7 Å². The number of amides is 2. The SMILES string of the molecule is CCCCOc1ccc(-c2cnc(-c3ccc(C[C@H](NC(=O)c4ccc(C(C)(C)C)s4)C(=O)N4CC(C(=O)O)C4)cc3)nc2)cc1. The zero-order chi connectivity index (χ0) is 32.8. The van der Waals surface area contributed by atoms with Crippen LogP contribution < -0.4 is 10.1 Å². The van der Waals surface area contributed by atoms with Crippen molar-refractivity contribution in [3.8, 4) is 28.3 Å². The Labute approximate surface area is 273 Å². The molecule has 2 amide bonds. The number of nitrogens with one attached hydrogen (secondary N) is 1. The highest BCUT2D eigenvalue weighted by atomic mass is 32.1. The molecule has 1 atom stereocenters. The van der Waals surface area contributed by atoms with Gasteiger partial charge in [-0.1, -0.05) is 70.5 Å². The van der Waals surface area contributed by atoms with E-state index in [1.807, 2.05) is 54.6 Å². The third kappa shape index (κ3) is 7.98. The number of unbranched alkanes of at least 4 members (excludes halogenated alkanes) is 1. The molecule has 0 spiro atoms. The molecule has 0 saturated carbocycles. The van der Waals surface area contributed by atoms with E-state index in [9.17, 15) is 19.5 Å². The number of benzene rings is 2. The summed E-state index contributed by atoms with van der Waals surface area (Å²) in [6.45, 7) is 9.37. The largest absolute Gasteiger partial charge is 0.494 e. The molecule has 1 saturated heterocycles. The summed E-state index contributed by atoms with van der Waals surface area (Å²) >= 11 is 1.41. The summed E-state index contributed by atoms with van der Waals surface area (Å²) in [6, 6.07) is 18.4. The molecule has 46 heavy (non-hydrogen) atoms. The van der Waals surface area contributed by atoms with Gasteiger partial charge in [-0.15, -0.1) is 11.3 Å². The van der Waals surface area contributed by atoms with E-state index in [0.717, 1.165) is 45.7 Å². The second-order valence-corrected chi connectivity index (χ2v) is 13.7. The second kappa shape index (κ2) is 14.2. The van der Waals surface area contributed by atoms with Gasteiger partial charge >= 0.3 is 5.97 Å². The summed E-state index contributed by atoms with van der Waals surface area (Å²) in [6.07, 6.45) is 5.96. The van der Waals surface area contributed by atoms with Gasteiger partial charge in [0.05, 0.1) is 17.4 Å². The molecule has 2 N–H and O–H groups in total. The maximum absolute atomic E-state index is 13.4. The van der Waals surface area contributed by atoms with Gasteiger partial charge in [0.15, 0.2) is 5.82 Å². The van der Waals surface area contributed by atoms with Gasteiger partial charge in [-0.2, -0.15) is 0 Å². The number of carboxylic acids is 1. The lowest BCUT2D eigenvalue weighted by Gasteiger charge is -2.38. The summed E-state index contributed by atoms with van der Waals surface area (Å²) in [5.41, 5.74) is 3.47. The number of nitrogens with zero attached hydrogens (tertiary/aromatic N) is 3. The van der Waals surface area contributed by atoms with Crippen LogP contribution in [0.3, 0.4) is 0 Å². The van der Waals surface area contributed by atoms with E-state index in [4.69, 9.17) is 4.74 Å². The van der Waals surface area contributed by atoms with Crippen LogP contribution >= 0.6 is 11.3 Å². The topological polar surface area (TPSA) is 122 Å². The molecule has 2 aromatic carbocycles. The fourth-order valence-electron chi connectivity index (χ4n) is 5.06. The van der Waals surface area contributed by atoms with Crippen molar-refractivity contribution >= 4 is 29.1 Å². The minimum Gasteiger partial charge on any atom is -0.494 e. The van der Waals surface area contributed by atoms with Crippen LogP contribution in [0.15, 0.2) is 73.1 Å². The predicted molar refractivity (Wildman–Crippen MR) is 179 cm³/mol. The van der Waals surface area contributed by atoms with Crippen molar-refractivity contribution in [3.63, 3.8) is 0 Å². The average Bonchev–Trinajstić information content (AvgIpc) is 3.53. The molecular weight excluding hydrogens is 600 g/mol. The van der Waals surface area contributed by atoms with Gasteiger partial charge in [0.2, 0.25) is 5.91 Å². The van der Waals surface area contributed by atoms with Gasteiger partial charge in [0.1, 0.15) is 11.8 Å². The molecule has 5 rings (SSSR count). The summed E-state index contributed by atoms with van der Waals surface area (Å²) in [7, 11) is 0. The fraction of sp³-hybridized carbons (Fsp3) is 0.361. The molecule has 0 unspecified atom stereocenters. The van der Waals surface area contributed by atoms with Gasteiger partial charge in [-0.05, 0) is 47.2 Å². The lowest BCUT2D eigenvalue weighted by Crippen LogP contribution is -2.59. The van der Waals surface area contributed by atoms with E-state index in [-0.39, 0.29) is 36.7 Å². The number of ether oxygens (including phenoxy) is 1. The van der Waals surface area contributed by atoms with Crippen molar-refractivity contribution in [2.45, 2.75) is 58.4 Å². The van der Waals surface area contributed by atoms with Crippen molar-refractivity contribution in [1.29, 1.82) is 0 Å². The van der Waals surface area contributed by atoms with Crippen LogP contribution in [0, 0.1) is 5.92 Å². The first-order valence-electron chi connectivity index (χ1n) is 15.6. The van der Waals surface area contributed by atoms with Crippen molar-refractivity contribution in [1.82, 2.24) is 20.2 Å². The van der Waals surface area contributed by atoms with E-state index in [2.05, 4.69) is 43.0 Å². The van der Waals surface area contributed by atoms with Crippen LogP contribution in [0.2, 0.25) is 0 Å². The molecule has 4 aromatic rings. The summed E-state index contributed by atoms with van der Waals surface area (Å²) in [5, 5.41) is 12.2. The normalized spacial score (nSPS) is 14.0. The Morgan fingerprint density at radius 1 is 0.957 bits per heavy atom. The number of thiophene rings is 1. The molecule has 10 heteroatoms. The Kier molecular flexibility index (Phi) is 10.2. The third-order valence-electron chi connectivity index (χ3n) is 7.97. The highest BCUT2D eigenvalue weighted by molar-refractivity contribution is 7.14. The number of carbonyl (C=O) groups excluding carboxylic acids is 2. The summed E-state index contributed by atoms with van der Waals surface area (Å²) < 4.78 is 5.75. The Bertz CT molecular complexity index is 1650. The number of carbonyl (C=O) groups is 3. The first-order valence-corrected chi connectivity index (χ1v) is 16.4. The number of aromatic nitrogens is 2. The summed E-state index contributed by atoms with van der Waals surface area (Å²) in [5.74, 6) is -0.701. The number of rotatable bonds is 12.